The van der Waals surface area contributed by atoms with Crippen molar-refractivity contribution in [3.8, 4) is 0 Å². The first-order chi connectivity index (χ1) is 12.1. The van der Waals surface area contributed by atoms with Crippen molar-refractivity contribution in [2.45, 2.75) is 26.7 Å². The molecule has 0 aliphatic heterocycles. The lowest BCUT2D eigenvalue weighted by molar-refractivity contribution is -0.143. The van der Waals surface area contributed by atoms with Gasteiger partial charge in [0.25, 0.3) is 0 Å². The van der Waals surface area contributed by atoms with E-state index in [1.54, 1.807) is 19.1 Å². The van der Waals surface area contributed by atoms with Crippen LogP contribution in [0.4, 0.5) is 0 Å². The Morgan fingerprint density at radius 3 is 2.56 bits per heavy atom. The van der Waals surface area contributed by atoms with Crippen LogP contribution in [0.25, 0.3) is 11.0 Å². The third-order valence-electron chi connectivity index (χ3n) is 4.07. The molecular weight excluding hydrogens is 316 g/mol. The van der Waals surface area contributed by atoms with Crippen LogP contribution in [0.3, 0.4) is 0 Å². The Morgan fingerprint density at radius 1 is 1.08 bits per heavy atom. The van der Waals surface area contributed by atoms with E-state index in [0.29, 0.717) is 29.9 Å². The molecule has 0 spiro atoms. The zero-order chi connectivity index (χ0) is 17.8. The molecule has 0 aliphatic carbocycles. The molecule has 3 rings (SSSR count). The van der Waals surface area contributed by atoms with E-state index in [1.807, 2.05) is 43.3 Å². The van der Waals surface area contributed by atoms with Gasteiger partial charge >= 0.3 is 5.97 Å². The first-order valence-corrected chi connectivity index (χ1v) is 8.37. The highest BCUT2D eigenvalue weighted by Crippen LogP contribution is 2.30. The highest BCUT2D eigenvalue weighted by molar-refractivity contribution is 6.10. The zero-order valence-electron chi connectivity index (χ0n) is 14.4. The Bertz CT molecular complexity index is 906. The number of rotatable bonds is 6. The summed E-state index contributed by atoms with van der Waals surface area (Å²) in [4.78, 5) is 24.6. The van der Waals surface area contributed by atoms with Gasteiger partial charge in [-0.15, -0.1) is 0 Å². The fraction of sp³-hybridized carbons (Fsp3) is 0.238. The van der Waals surface area contributed by atoms with Gasteiger partial charge in [0.05, 0.1) is 6.61 Å². The van der Waals surface area contributed by atoms with Gasteiger partial charge < -0.3 is 9.15 Å². The maximum Gasteiger partial charge on any atom is 0.306 e. The van der Waals surface area contributed by atoms with Gasteiger partial charge in [-0.05, 0) is 32.4 Å². The number of hydrogen-bond acceptors (Lipinski definition) is 4. The normalized spacial score (nSPS) is 10.8. The van der Waals surface area contributed by atoms with Crippen LogP contribution in [-0.2, 0) is 16.0 Å². The number of benzene rings is 2. The molecule has 0 saturated carbocycles. The second kappa shape index (κ2) is 7.34. The number of aryl methyl sites for hydroxylation is 2. The molecule has 0 aliphatic rings. The van der Waals surface area contributed by atoms with Crippen molar-refractivity contribution in [3.05, 3.63) is 71.0 Å². The van der Waals surface area contributed by atoms with Crippen molar-refractivity contribution in [1.29, 1.82) is 0 Å². The largest absolute Gasteiger partial charge is 0.466 e. The Kier molecular flexibility index (Phi) is 4.98. The number of esters is 1. The topological polar surface area (TPSA) is 56.5 Å². The molecule has 25 heavy (non-hydrogen) atoms. The second-order valence-electron chi connectivity index (χ2n) is 5.91. The van der Waals surface area contributed by atoms with Crippen LogP contribution in [0.1, 0.15) is 40.6 Å². The van der Waals surface area contributed by atoms with Crippen molar-refractivity contribution >= 4 is 22.7 Å². The molecule has 0 bridgehead atoms. The molecule has 0 saturated heterocycles. The average molecular weight is 336 g/mol. The van der Waals surface area contributed by atoms with Gasteiger partial charge in [0.15, 0.2) is 5.76 Å². The fourth-order valence-electron chi connectivity index (χ4n) is 2.87. The lowest BCUT2D eigenvalue weighted by Crippen LogP contribution is -2.08. The number of ketones is 1. The molecule has 1 heterocycles. The van der Waals surface area contributed by atoms with Crippen molar-refractivity contribution < 1.29 is 18.7 Å². The van der Waals surface area contributed by atoms with Crippen LogP contribution < -0.4 is 0 Å². The molecule has 0 atom stereocenters. The van der Waals surface area contributed by atoms with E-state index in [0.717, 1.165) is 16.5 Å². The summed E-state index contributed by atoms with van der Waals surface area (Å²) >= 11 is 0. The smallest absolute Gasteiger partial charge is 0.306 e. The summed E-state index contributed by atoms with van der Waals surface area (Å²) in [5.74, 6) is -0.146. The Morgan fingerprint density at radius 2 is 1.84 bits per heavy atom. The van der Waals surface area contributed by atoms with E-state index in [1.165, 1.54) is 0 Å². The predicted octanol–water partition coefficient (Wildman–Crippen LogP) is 4.47. The van der Waals surface area contributed by atoms with Gasteiger partial charge in [0, 0.05) is 22.9 Å². The van der Waals surface area contributed by atoms with E-state index < -0.39 is 0 Å². The number of furan rings is 1. The minimum absolute atomic E-state index is 0.173. The molecule has 4 heteroatoms. The number of carbonyl (C=O) groups excluding carboxylic acids is 2. The van der Waals surface area contributed by atoms with Crippen molar-refractivity contribution in [2.24, 2.45) is 0 Å². The quantitative estimate of drug-likeness (QED) is 0.492. The Hall–Kier alpha value is -2.88. The number of ether oxygens (including phenoxy) is 1. The summed E-state index contributed by atoms with van der Waals surface area (Å²) in [6.45, 7) is 4.11. The lowest BCUT2D eigenvalue weighted by atomic mass is 9.99. The molecule has 0 fully saturated rings. The minimum Gasteiger partial charge on any atom is -0.466 e. The summed E-state index contributed by atoms with van der Waals surface area (Å²) in [7, 11) is 0. The van der Waals surface area contributed by atoms with Crippen molar-refractivity contribution in [1.82, 2.24) is 0 Å². The van der Waals surface area contributed by atoms with Gasteiger partial charge in [-0.3, -0.25) is 9.59 Å². The van der Waals surface area contributed by atoms with Gasteiger partial charge in [0.2, 0.25) is 5.78 Å². The molecule has 0 radical (unpaired) electrons. The Balaban J connectivity index is 2.03. The number of carbonyl (C=O) groups is 2. The molecule has 0 N–H and O–H groups in total. The van der Waals surface area contributed by atoms with E-state index in [9.17, 15) is 9.59 Å². The molecule has 2 aromatic carbocycles. The van der Waals surface area contributed by atoms with Crippen LogP contribution >= 0.6 is 0 Å². The SMILES string of the molecule is CCOC(=O)CCc1c(C(=O)c2ccccc2)oc2ccc(C)cc12. The van der Waals surface area contributed by atoms with Crippen LogP contribution in [0.5, 0.6) is 0 Å². The minimum atomic E-state index is -0.275. The molecule has 1 aromatic heterocycles. The third kappa shape index (κ3) is 3.63. The first-order valence-electron chi connectivity index (χ1n) is 8.37. The summed E-state index contributed by atoms with van der Waals surface area (Å²) < 4.78 is 10.9. The fourth-order valence-corrected chi connectivity index (χ4v) is 2.87. The highest BCUT2D eigenvalue weighted by atomic mass is 16.5. The van der Waals surface area contributed by atoms with Crippen LogP contribution in [0, 0.1) is 6.92 Å². The van der Waals surface area contributed by atoms with Crippen molar-refractivity contribution in [2.75, 3.05) is 6.61 Å². The van der Waals surface area contributed by atoms with E-state index in [2.05, 4.69) is 0 Å². The average Bonchev–Trinajstić information content (AvgIpc) is 2.98. The summed E-state index contributed by atoms with van der Waals surface area (Å²) in [5, 5.41) is 0.878. The summed E-state index contributed by atoms with van der Waals surface area (Å²) in [6, 6.07) is 14.8. The molecule has 4 nitrogen and oxygen atoms in total. The highest BCUT2D eigenvalue weighted by Gasteiger charge is 2.22. The maximum absolute atomic E-state index is 12.9. The summed E-state index contributed by atoms with van der Waals surface area (Å²) in [5.41, 5.74) is 3.06. The van der Waals surface area contributed by atoms with E-state index >= 15 is 0 Å². The molecule has 0 unspecified atom stereocenters. The molecular formula is C21H20O4. The summed E-state index contributed by atoms with van der Waals surface area (Å²) in [6.07, 6.45) is 0.620. The second-order valence-corrected chi connectivity index (χ2v) is 5.91. The molecule has 3 aromatic rings. The van der Waals surface area contributed by atoms with Gasteiger partial charge in [-0.25, -0.2) is 0 Å². The number of hydrogen-bond donors (Lipinski definition) is 0. The lowest BCUT2D eigenvalue weighted by Gasteiger charge is -2.04. The third-order valence-corrected chi connectivity index (χ3v) is 4.07. The molecule has 128 valence electrons. The van der Waals surface area contributed by atoms with Gasteiger partial charge in [-0.2, -0.15) is 0 Å². The van der Waals surface area contributed by atoms with Crippen LogP contribution in [0.2, 0.25) is 0 Å². The van der Waals surface area contributed by atoms with Crippen LogP contribution in [0.15, 0.2) is 52.9 Å². The van der Waals surface area contributed by atoms with Crippen LogP contribution in [-0.4, -0.2) is 18.4 Å². The van der Waals surface area contributed by atoms with Gasteiger partial charge in [0.1, 0.15) is 5.58 Å². The maximum atomic E-state index is 12.9. The monoisotopic (exact) mass is 336 g/mol. The number of fused-ring (bicyclic) bond motifs is 1. The Labute approximate surface area is 146 Å². The van der Waals surface area contributed by atoms with E-state index in [4.69, 9.17) is 9.15 Å². The van der Waals surface area contributed by atoms with Gasteiger partial charge in [-0.1, -0.05) is 42.0 Å². The van der Waals surface area contributed by atoms with E-state index in [-0.39, 0.29) is 18.2 Å². The zero-order valence-corrected chi connectivity index (χ0v) is 14.4. The predicted molar refractivity (Wildman–Crippen MR) is 95.8 cm³/mol. The standard InChI is InChI=1S/C21H20O4/c1-3-24-19(22)12-10-16-17-13-14(2)9-11-18(17)25-21(16)20(23)15-7-5-4-6-8-15/h4-9,11,13H,3,10,12H2,1-2H3. The first kappa shape index (κ1) is 17.0. The molecule has 0 amide bonds. The van der Waals surface area contributed by atoms with Crippen molar-refractivity contribution in [3.63, 3.8) is 0 Å².